The summed E-state index contributed by atoms with van der Waals surface area (Å²) in [6, 6.07) is 11.6. The number of nitrogens with zero attached hydrogens (tertiary/aromatic N) is 1. The topological polar surface area (TPSA) is 32.3 Å². The zero-order valence-electron chi connectivity index (χ0n) is 13.5. The second-order valence-electron chi connectivity index (χ2n) is 7.07. The molecule has 0 radical (unpaired) electrons. The standard InChI is InChI=1S/C20H20N2O/c1-11(23)21-20-14-5-3-4-13-10-16-18-12(8-9-22(16)2)6-7-15(20)19(18)17(13)14/h3-7,16,20H,8-10H2,1-2H3,(H,21,23). The van der Waals surface area contributed by atoms with E-state index in [9.17, 15) is 4.79 Å². The maximum absolute atomic E-state index is 11.7. The monoisotopic (exact) mass is 304 g/mol. The smallest absolute Gasteiger partial charge is 0.217 e. The van der Waals surface area contributed by atoms with Gasteiger partial charge >= 0.3 is 0 Å². The molecule has 1 amide bonds. The van der Waals surface area contributed by atoms with Gasteiger partial charge < -0.3 is 5.32 Å². The summed E-state index contributed by atoms with van der Waals surface area (Å²) < 4.78 is 0. The number of carbonyl (C=O) groups is 1. The lowest BCUT2D eigenvalue weighted by molar-refractivity contribution is -0.119. The van der Waals surface area contributed by atoms with Gasteiger partial charge in [-0.25, -0.2) is 0 Å². The highest BCUT2D eigenvalue weighted by atomic mass is 16.1. The van der Waals surface area contributed by atoms with E-state index in [-0.39, 0.29) is 11.9 Å². The van der Waals surface area contributed by atoms with E-state index in [1.54, 1.807) is 6.92 Å². The average Bonchev–Trinajstić information content (AvgIpc) is 2.85. The van der Waals surface area contributed by atoms with E-state index in [1.165, 1.54) is 38.9 Å². The Morgan fingerprint density at radius 2 is 1.96 bits per heavy atom. The lowest BCUT2D eigenvalue weighted by atomic mass is 9.77. The van der Waals surface area contributed by atoms with Crippen molar-refractivity contribution in [1.29, 1.82) is 0 Å². The molecular weight excluding hydrogens is 284 g/mol. The van der Waals surface area contributed by atoms with E-state index < -0.39 is 0 Å². The lowest BCUT2D eigenvalue weighted by Gasteiger charge is -2.39. The van der Waals surface area contributed by atoms with Crippen molar-refractivity contribution in [2.24, 2.45) is 0 Å². The molecule has 1 heterocycles. The predicted molar refractivity (Wildman–Crippen MR) is 90.3 cm³/mol. The van der Waals surface area contributed by atoms with Gasteiger partial charge in [0, 0.05) is 19.5 Å². The Balaban J connectivity index is 1.84. The summed E-state index contributed by atoms with van der Waals surface area (Å²) in [5.74, 6) is 0.0323. The molecule has 0 bridgehead atoms. The molecular formula is C20H20N2O. The largest absolute Gasteiger partial charge is 0.345 e. The Kier molecular flexibility index (Phi) is 2.58. The van der Waals surface area contributed by atoms with E-state index in [4.69, 9.17) is 0 Å². The van der Waals surface area contributed by atoms with E-state index >= 15 is 0 Å². The van der Waals surface area contributed by atoms with E-state index in [0.717, 1.165) is 19.4 Å². The molecule has 3 heteroatoms. The number of benzene rings is 2. The fourth-order valence-corrected chi connectivity index (χ4v) is 4.80. The second-order valence-corrected chi connectivity index (χ2v) is 7.07. The summed E-state index contributed by atoms with van der Waals surface area (Å²) in [4.78, 5) is 14.2. The molecule has 0 saturated carbocycles. The van der Waals surface area contributed by atoms with Crippen molar-refractivity contribution in [2.75, 3.05) is 13.6 Å². The summed E-state index contributed by atoms with van der Waals surface area (Å²) >= 11 is 0. The Hall–Kier alpha value is -2.13. The van der Waals surface area contributed by atoms with Crippen molar-refractivity contribution in [3.63, 3.8) is 0 Å². The normalized spacial score (nSPS) is 23.6. The Labute approximate surface area is 136 Å². The number of rotatable bonds is 1. The summed E-state index contributed by atoms with van der Waals surface area (Å²) in [6.45, 7) is 2.73. The Morgan fingerprint density at radius 3 is 2.78 bits per heavy atom. The van der Waals surface area contributed by atoms with Gasteiger partial charge in [0.05, 0.1) is 6.04 Å². The fraction of sp³-hybridized carbons (Fsp3) is 0.350. The van der Waals surface area contributed by atoms with Crippen LogP contribution in [0.3, 0.4) is 0 Å². The summed E-state index contributed by atoms with van der Waals surface area (Å²) in [7, 11) is 2.24. The highest BCUT2D eigenvalue weighted by Crippen LogP contribution is 2.54. The molecule has 1 aliphatic heterocycles. The fourth-order valence-electron chi connectivity index (χ4n) is 4.80. The third-order valence-electron chi connectivity index (χ3n) is 5.78. The van der Waals surface area contributed by atoms with E-state index in [0.29, 0.717) is 6.04 Å². The molecule has 2 aliphatic carbocycles. The minimum absolute atomic E-state index is 0.00809. The molecule has 2 unspecified atom stereocenters. The van der Waals surface area contributed by atoms with Gasteiger partial charge in [0.25, 0.3) is 0 Å². The molecule has 2 aromatic rings. The molecule has 2 aromatic carbocycles. The van der Waals surface area contributed by atoms with Crippen LogP contribution < -0.4 is 5.32 Å². The Bertz CT molecular complexity index is 855. The van der Waals surface area contributed by atoms with Gasteiger partial charge in [-0.05, 0) is 58.8 Å². The first kappa shape index (κ1) is 13.3. The first-order valence-corrected chi connectivity index (χ1v) is 8.40. The molecule has 5 rings (SSSR count). The van der Waals surface area contributed by atoms with Crippen LogP contribution in [0.15, 0.2) is 30.3 Å². The third kappa shape index (κ3) is 1.66. The molecule has 0 saturated heterocycles. The first-order valence-electron chi connectivity index (χ1n) is 8.40. The maximum atomic E-state index is 11.7. The summed E-state index contributed by atoms with van der Waals surface area (Å²) in [5, 5.41) is 3.17. The van der Waals surface area contributed by atoms with Gasteiger partial charge in [0.1, 0.15) is 0 Å². The second kappa shape index (κ2) is 4.45. The molecule has 0 aromatic heterocycles. The van der Waals surface area contributed by atoms with E-state index in [1.807, 2.05) is 0 Å². The van der Waals surface area contributed by atoms with Crippen LogP contribution in [0.2, 0.25) is 0 Å². The zero-order chi connectivity index (χ0) is 15.7. The number of amides is 1. The molecule has 0 fully saturated rings. The number of carbonyl (C=O) groups excluding carboxylic acids is 1. The van der Waals surface area contributed by atoms with Crippen LogP contribution in [0.5, 0.6) is 0 Å². The van der Waals surface area contributed by atoms with Crippen LogP contribution in [-0.2, 0) is 17.6 Å². The van der Waals surface area contributed by atoms with Gasteiger partial charge in [-0.3, -0.25) is 9.69 Å². The van der Waals surface area contributed by atoms with Crippen molar-refractivity contribution in [3.05, 3.63) is 58.1 Å². The van der Waals surface area contributed by atoms with Crippen LogP contribution >= 0.6 is 0 Å². The molecule has 3 aliphatic rings. The predicted octanol–water partition coefficient (Wildman–Crippen LogP) is 2.98. The molecule has 1 N–H and O–H groups in total. The molecule has 2 atom stereocenters. The van der Waals surface area contributed by atoms with Gasteiger partial charge in [-0.15, -0.1) is 0 Å². The number of hydrogen-bond acceptors (Lipinski definition) is 2. The van der Waals surface area contributed by atoms with Gasteiger partial charge in [-0.2, -0.15) is 0 Å². The van der Waals surface area contributed by atoms with Crippen LogP contribution in [-0.4, -0.2) is 24.4 Å². The van der Waals surface area contributed by atoms with Crippen molar-refractivity contribution < 1.29 is 4.79 Å². The van der Waals surface area contributed by atoms with Crippen molar-refractivity contribution in [1.82, 2.24) is 10.2 Å². The molecule has 116 valence electrons. The van der Waals surface area contributed by atoms with Gasteiger partial charge in [-0.1, -0.05) is 30.3 Å². The van der Waals surface area contributed by atoms with Crippen LogP contribution in [0.4, 0.5) is 0 Å². The van der Waals surface area contributed by atoms with E-state index in [2.05, 4.69) is 47.6 Å². The SMILES string of the molecule is CC(=O)NC1c2cccc3c2-c2c1ccc1c2C(C3)N(C)CC1. The van der Waals surface area contributed by atoms with Crippen LogP contribution in [0.25, 0.3) is 11.1 Å². The molecule has 23 heavy (non-hydrogen) atoms. The molecule has 3 nitrogen and oxygen atoms in total. The maximum Gasteiger partial charge on any atom is 0.217 e. The molecule has 0 spiro atoms. The van der Waals surface area contributed by atoms with Crippen molar-refractivity contribution in [2.45, 2.75) is 31.8 Å². The highest BCUT2D eigenvalue weighted by molar-refractivity contribution is 5.88. The van der Waals surface area contributed by atoms with Crippen molar-refractivity contribution in [3.8, 4) is 11.1 Å². The minimum atomic E-state index is 0.00809. The van der Waals surface area contributed by atoms with Crippen LogP contribution in [0, 0.1) is 0 Å². The zero-order valence-corrected chi connectivity index (χ0v) is 13.5. The van der Waals surface area contributed by atoms with Crippen LogP contribution in [0.1, 0.15) is 46.8 Å². The number of likely N-dealkylation sites (N-methyl/N-ethyl adjacent to an activating group) is 1. The number of hydrogen-bond donors (Lipinski definition) is 1. The highest BCUT2D eigenvalue weighted by Gasteiger charge is 2.40. The summed E-state index contributed by atoms with van der Waals surface area (Å²) in [5.41, 5.74) is 9.80. The first-order chi connectivity index (χ1) is 11.1. The number of nitrogens with one attached hydrogen (secondary N) is 1. The minimum Gasteiger partial charge on any atom is -0.345 e. The lowest BCUT2D eigenvalue weighted by Crippen LogP contribution is -2.35. The van der Waals surface area contributed by atoms with Crippen molar-refractivity contribution >= 4 is 5.91 Å². The quantitative estimate of drug-likeness (QED) is 0.878. The third-order valence-corrected chi connectivity index (χ3v) is 5.78. The Morgan fingerprint density at radius 1 is 1.13 bits per heavy atom. The van der Waals surface area contributed by atoms with Gasteiger partial charge in [0.15, 0.2) is 0 Å². The van der Waals surface area contributed by atoms with Gasteiger partial charge in [0.2, 0.25) is 5.91 Å². The summed E-state index contributed by atoms with van der Waals surface area (Å²) in [6.07, 6.45) is 2.20. The average molecular weight is 304 g/mol.